The SMILES string of the molecule is Cc1c(C(=O)Nc2ccc(N3CCNCC3)c(C#N)c2)cnn1-c1ccc(F)cc1. The number of halogens is 1. The van der Waals surface area contributed by atoms with Crippen LogP contribution in [0.15, 0.2) is 48.7 Å². The predicted molar refractivity (Wildman–Crippen MR) is 112 cm³/mol. The maximum Gasteiger partial charge on any atom is 0.259 e. The Hall–Kier alpha value is -3.70. The van der Waals surface area contributed by atoms with Crippen LogP contribution in [-0.2, 0) is 0 Å². The van der Waals surface area contributed by atoms with Crippen LogP contribution in [0.3, 0.4) is 0 Å². The van der Waals surface area contributed by atoms with Gasteiger partial charge in [-0.2, -0.15) is 10.4 Å². The Balaban J connectivity index is 1.54. The summed E-state index contributed by atoms with van der Waals surface area (Å²) in [5.74, 6) is -0.654. The minimum Gasteiger partial charge on any atom is -0.368 e. The lowest BCUT2D eigenvalue weighted by atomic mass is 10.1. The number of nitriles is 1. The van der Waals surface area contributed by atoms with Crippen LogP contribution in [0.25, 0.3) is 5.69 Å². The first kappa shape index (κ1) is 19.6. The van der Waals surface area contributed by atoms with E-state index in [-0.39, 0.29) is 11.7 Å². The first-order valence-corrected chi connectivity index (χ1v) is 9.68. The fourth-order valence-corrected chi connectivity index (χ4v) is 3.56. The lowest BCUT2D eigenvalue weighted by Crippen LogP contribution is -2.43. The molecule has 0 atom stereocenters. The Bertz CT molecular complexity index is 1110. The van der Waals surface area contributed by atoms with Crippen molar-refractivity contribution in [3.05, 3.63) is 71.3 Å². The van der Waals surface area contributed by atoms with E-state index in [0.717, 1.165) is 31.9 Å². The molecule has 7 nitrogen and oxygen atoms in total. The zero-order valence-electron chi connectivity index (χ0n) is 16.5. The van der Waals surface area contributed by atoms with Crippen LogP contribution < -0.4 is 15.5 Å². The summed E-state index contributed by atoms with van der Waals surface area (Å²) in [5.41, 5.74) is 3.65. The molecule has 8 heteroatoms. The third kappa shape index (κ3) is 3.88. The lowest BCUT2D eigenvalue weighted by molar-refractivity contribution is 0.102. The van der Waals surface area contributed by atoms with Gasteiger partial charge in [0, 0.05) is 31.9 Å². The van der Waals surface area contributed by atoms with E-state index < -0.39 is 0 Å². The highest BCUT2D eigenvalue weighted by atomic mass is 19.1. The standard InChI is InChI=1S/C22H21FN6O/c1-15-20(14-26-29(15)19-5-2-17(23)3-6-19)22(30)27-18-4-7-21(16(12-18)13-24)28-10-8-25-9-11-28/h2-7,12,14,25H,8-11H2,1H3,(H,27,30). The summed E-state index contributed by atoms with van der Waals surface area (Å²) in [4.78, 5) is 15.0. The topological polar surface area (TPSA) is 86.0 Å². The molecule has 30 heavy (non-hydrogen) atoms. The van der Waals surface area contributed by atoms with E-state index >= 15 is 0 Å². The number of hydrogen-bond acceptors (Lipinski definition) is 5. The van der Waals surface area contributed by atoms with Gasteiger partial charge in [0.15, 0.2) is 0 Å². The molecule has 0 saturated carbocycles. The van der Waals surface area contributed by atoms with Crippen molar-refractivity contribution in [2.24, 2.45) is 0 Å². The molecule has 2 heterocycles. The number of piperazine rings is 1. The zero-order chi connectivity index (χ0) is 21.1. The summed E-state index contributed by atoms with van der Waals surface area (Å²) in [6.45, 7) is 5.20. The van der Waals surface area contributed by atoms with Crippen molar-refractivity contribution in [1.29, 1.82) is 5.26 Å². The molecule has 1 amide bonds. The summed E-state index contributed by atoms with van der Waals surface area (Å²) in [5, 5.41) is 20.0. The molecule has 2 aromatic carbocycles. The van der Waals surface area contributed by atoms with E-state index in [0.29, 0.717) is 28.2 Å². The first-order valence-electron chi connectivity index (χ1n) is 9.68. The van der Waals surface area contributed by atoms with Gasteiger partial charge in [-0.05, 0) is 49.4 Å². The average Bonchev–Trinajstić information content (AvgIpc) is 3.16. The van der Waals surface area contributed by atoms with Crippen molar-refractivity contribution < 1.29 is 9.18 Å². The number of nitrogens with zero attached hydrogens (tertiary/aromatic N) is 4. The number of hydrogen-bond donors (Lipinski definition) is 2. The summed E-state index contributed by atoms with van der Waals surface area (Å²) in [6, 6.07) is 13.5. The van der Waals surface area contributed by atoms with E-state index in [9.17, 15) is 14.4 Å². The molecule has 4 rings (SSSR count). The number of rotatable bonds is 4. The molecule has 1 aromatic heterocycles. The van der Waals surface area contributed by atoms with Gasteiger partial charge in [0.1, 0.15) is 11.9 Å². The highest BCUT2D eigenvalue weighted by Gasteiger charge is 2.18. The Morgan fingerprint density at radius 3 is 2.63 bits per heavy atom. The first-order chi connectivity index (χ1) is 14.6. The van der Waals surface area contributed by atoms with Gasteiger partial charge in [-0.3, -0.25) is 4.79 Å². The molecular formula is C22H21FN6O. The molecule has 1 aliphatic heterocycles. The molecule has 1 fully saturated rings. The second kappa shape index (κ2) is 8.35. The largest absolute Gasteiger partial charge is 0.368 e. The Morgan fingerprint density at radius 1 is 1.20 bits per heavy atom. The minimum absolute atomic E-state index is 0.320. The van der Waals surface area contributed by atoms with Crippen molar-refractivity contribution in [2.75, 3.05) is 36.4 Å². The fraction of sp³-hybridized carbons (Fsp3) is 0.227. The Kier molecular flexibility index (Phi) is 5.46. The summed E-state index contributed by atoms with van der Waals surface area (Å²) < 4.78 is 14.8. The highest BCUT2D eigenvalue weighted by molar-refractivity contribution is 6.05. The van der Waals surface area contributed by atoms with Crippen molar-refractivity contribution in [3.63, 3.8) is 0 Å². The van der Waals surface area contributed by atoms with Crippen LogP contribution in [0.1, 0.15) is 21.6 Å². The van der Waals surface area contributed by atoms with Crippen LogP contribution >= 0.6 is 0 Å². The summed E-state index contributed by atoms with van der Waals surface area (Å²) >= 11 is 0. The second-order valence-electron chi connectivity index (χ2n) is 7.07. The molecule has 0 radical (unpaired) electrons. The highest BCUT2D eigenvalue weighted by Crippen LogP contribution is 2.25. The monoisotopic (exact) mass is 404 g/mol. The predicted octanol–water partition coefficient (Wildman–Crippen LogP) is 2.85. The molecule has 152 valence electrons. The third-order valence-electron chi connectivity index (χ3n) is 5.16. The van der Waals surface area contributed by atoms with Crippen molar-refractivity contribution in [2.45, 2.75) is 6.92 Å². The molecular weight excluding hydrogens is 383 g/mol. The molecule has 2 N–H and O–H groups in total. The van der Waals surface area contributed by atoms with Gasteiger partial charge in [-0.1, -0.05) is 0 Å². The second-order valence-corrected chi connectivity index (χ2v) is 7.07. The maximum absolute atomic E-state index is 13.2. The number of carbonyl (C=O) groups is 1. The molecule has 1 saturated heterocycles. The van der Waals surface area contributed by atoms with Gasteiger partial charge < -0.3 is 15.5 Å². The van der Waals surface area contributed by atoms with Crippen molar-refractivity contribution in [1.82, 2.24) is 15.1 Å². The number of aromatic nitrogens is 2. The van der Waals surface area contributed by atoms with Crippen LogP contribution in [0, 0.1) is 24.1 Å². The number of carbonyl (C=O) groups excluding carboxylic acids is 1. The number of nitrogens with one attached hydrogen (secondary N) is 2. The smallest absolute Gasteiger partial charge is 0.259 e. The van der Waals surface area contributed by atoms with E-state index in [1.807, 2.05) is 6.07 Å². The van der Waals surface area contributed by atoms with Crippen LogP contribution in [0.4, 0.5) is 15.8 Å². The molecule has 0 spiro atoms. The number of benzene rings is 2. The normalized spacial score (nSPS) is 13.7. The zero-order valence-corrected chi connectivity index (χ0v) is 16.5. The van der Waals surface area contributed by atoms with Gasteiger partial charge in [0.25, 0.3) is 5.91 Å². The lowest BCUT2D eigenvalue weighted by Gasteiger charge is -2.30. The van der Waals surface area contributed by atoms with Crippen molar-refractivity contribution >= 4 is 17.3 Å². The van der Waals surface area contributed by atoms with Gasteiger partial charge in [0.05, 0.1) is 34.4 Å². The summed E-state index contributed by atoms with van der Waals surface area (Å²) in [6.07, 6.45) is 1.48. The minimum atomic E-state index is -0.334. The van der Waals surface area contributed by atoms with E-state index in [1.54, 1.807) is 35.9 Å². The van der Waals surface area contributed by atoms with Crippen molar-refractivity contribution in [3.8, 4) is 11.8 Å². The van der Waals surface area contributed by atoms with Crippen LogP contribution in [0.5, 0.6) is 0 Å². The van der Waals surface area contributed by atoms with E-state index in [1.165, 1.54) is 18.3 Å². The number of amides is 1. The molecule has 0 unspecified atom stereocenters. The van der Waals surface area contributed by atoms with Gasteiger partial charge in [-0.25, -0.2) is 9.07 Å². The van der Waals surface area contributed by atoms with Crippen LogP contribution in [0.2, 0.25) is 0 Å². The van der Waals surface area contributed by atoms with E-state index in [2.05, 4.69) is 26.7 Å². The molecule has 3 aromatic rings. The Labute approximate surface area is 173 Å². The maximum atomic E-state index is 13.2. The number of anilines is 2. The third-order valence-corrected chi connectivity index (χ3v) is 5.16. The van der Waals surface area contributed by atoms with Gasteiger partial charge in [0.2, 0.25) is 0 Å². The average molecular weight is 404 g/mol. The summed E-state index contributed by atoms with van der Waals surface area (Å²) in [7, 11) is 0. The molecule has 0 aliphatic carbocycles. The van der Waals surface area contributed by atoms with Crippen LogP contribution in [-0.4, -0.2) is 41.9 Å². The fourth-order valence-electron chi connectivity index (χ4n) is 3.56. The van der Waals surface area contributed by atoms with E-state index in [4.69, 9.17) is 0 Å². The quantitative estimate of drug-likeness (QED) is 0.698. The molecule has 1 aliphatic rings. The Morgan fingerprint density at radius 2 is 1.93 bits per heavy atom. The molecule has 0 bridgehead atoms. The van der Waals surface area contributed by atoms with Gasteiger partial charge >= 0.3 is 0 Å². The van der Waals surface area contributed by atoms with Gasteiger partial charge in [-0.15, -0.1) is 0 Å².